The van der Waals surface area contributed by atoms with E-state index in [9.17, 15) is 15.0 Å². The van der Waals surface area contributed by atoms with E-state index in [-0.39, 0.29) is 47.1 Å². The van der Waals surface area contributed by atoms with Gasteiger partial charge in [0.15, 0.2) is 11.5 Å². The standard InChI is InChI=1S/C23H32O6/c1-12(2)14-9-16-15(10-20-23(16,4)29-20)22(3,26)11-19(14)28-21(25)13-6-7-17(24)18(8-13)27-5/h6-8,12,14-16,19-20,24,26H,9-11H2,1-5H3/t14-,15+,16-,19-,20-,22-,23+/m0/s1. The molecule has 1 saturated heterocycles. The Balaban J connectivity index is 1.59. The molecule has 160 valence electrons. The van der Waals surface area contributed by atoms with E-state index in [0.29, 0.717) is 17.9 Å². The van der Waals surface area contributed by atoms with Gasteiger partial charge in [-0.25, -0.2) is 4.79 Å². The number of esters is 1. The van der Waals surface area contributed by atoms with Gasteiger partial charge in [0.2, 0.25) is 0 Å². The molecule has 2 N–H and O–H groups in total. The summed E-state index contributed by atoms with van der Waals surface area (Å²) in [6, 6.07) is 4.43. The molecule has 6 heteroatoms. The van der Waals surface area contributed by atoms with Gasteiger partial charge in [0.25, 0.3) is 0 Å². The quantitative estimate of drug-likeness (QED) is 0.589. The van der Waals surface area contributed by atoms with Gasteiger partial charge in [0.1, 0.15) is 6.10 Å². The van der Waals surface area contributed by atoms with Crippen LogP contribution < -0.4 is 4.74 Å². The van der Waals surface area contributed by atoms with Crippen LogP contribution in [0.2, 0.25) is 0 Å². The van der Waals surface area contributed by atoms with Crippen molar-refractivity contribution in [3.8, 4) is 11.5 Å². The van der Waals surface area contributed by atoms with Crippen LogP contribution in [-0.2, 0) is 9.47 Å². The monoisotopic (exact) mass is 404 g/mol. The fraction of sp³-hybridized carbons (Fsp3) is 0.696. The van der Waals surface area contributed by atoms with Crippen molar-refractivity contribution < 1.29 is 29.2 Å². The van der Waals surface area contributed by atoms with Gasteiger partial charge >= 0.3 is 5.97 Å². The fourth-order valence-electron chi connectivity index (χ4n) is 5.76. The largest absolute Gasteiger partial charge is 0.504 e. The molecule has 0 unspecified atom stereocenters. The first-order valence-corrected chi connectivity index (χ1v) is 10.5. The van der Waals surface area contributed by atoms with E-state index < -0.39 is 11.6 Å². The zero-order valence-electron chi connectivity index (χ0n) is 17.8. The second-order valence-electron chi connectivity index (χ2n) is 9.77. The van der Waals surface area contributed by atoms with Gasteiger partial charge in [-0.05, 0) is 68.6 Å². The maximum Gasteiger partial charge on any atom is 0.338 e. The van der Waals surface area contributed by atoms with Crippen LogP contribution in [0.5, 0.6) is 11.5 Å². The molecule has 0 aromatic heterocycles. The molecular weight excluding hydrogens is 372 g/mol. The summed E-state index contributed by atoms with van der Waals surface area (Å²) in [4.78, 5) is 12.9. The summed E-state index contributed by atoms with van der Waals surface area (Å²) in [5, 5.41) is 21.1. The number of ether oxygens (including phenoxy) is 3. The van der Waals surface area contributed by atoms with Crippen LogP contribution >= 0.6 is 0 Å². The maximum atomic E-state index is 12.9. The fourth-order valence-corrected chi connectivity index (χ4v) is 5.76. The van der Waals surface area contributed by atoms with Gasteiger partial charge in [-0.15, -0.1) is 0 Å². The van der Waals surface area contributed by atoms with E-state index in [2.05, 4.69) is 20.8 Å². The molecule has 29 heavy (non-hydrogen) atoms. The first-order chi connectivity index (χ1) is 13.6. The summed E-state index contributed by atoms with van der Waals surface area (Å²) >= 11 is 0. The summed E-state index contributed by atoms with van der Waals surface area (Å²) in [7, 11) is 1.44. The van der Waals surface area contributed by atoms with Gasteiger partial charge in [-0.1, -0.05) is 13.8 Å². The van der Waals surface area contributed by atoms with Crippen molar-refractivity contribution in [3.63, 3.8) is 0 Å². The van der Waals surface area contributed by atoms with Crippen molar-refractivity contribution in [3.05, 3.63) is 23.8 Å². The van der Waals surface area contributed by atoms with Crippen molar-refractivity contribution in [2.75, 3.05) is 7.11 Å². The lowest BCUT2D eigenvalue weighted by molar-refractivity contribution is -0.0657. The molecule has 0 bridgehead atoms. The summed E-state index contributed by atoms with van der Waals surface area (Å²) in [5.41, 5.74) is -0.736. The summed E-state index contributed by atoms with van der Waals surface area (Å²) in [6.07, 6.45) is 2.03. The second-order valence-corrected chi connectivity index (χ2v) is 9.77. The molecular formula is C23H32O6. The van der Waals surface area contributed by atoms with Crippen LogP contribution in [0.15, 0.2) is 18.2 Å². The SMILES string of the molecule is COc1cc(C(=O)O[C@H]2C[C@](C)(O)[C@@H]3C[C@@H]4O[C@]4(C)[C@H]3C[C@H]2C(C)C)ccc1O. The highest BCUT2D eigenvalue weighted by molar-refractivity contribution is 5.90. The van der Waals surface area contributed by atoms with E-state index in [1.165, 1.54) is 25.3 Å². The predicted molar refractivity (Wildman–Crippen MR) is 107 cm³/mol. The third-order valence-corrected chi connectivity index (χ3v) is 7.62. The van der Waals surface area contributed by atoms with E-state index in [0.717, 1.165) is 12.8 Å². The minimum absolute atomic E-state index is 0.0263. The van der Waals surface area contributed by atoms with Crippen molar-refractivity contribution >= 4 is 5.97 Å². The first kappa shape index (κ1) is 20.5. The van der Waals surface area contributed by atoms with Gasteiger partial charge in [-0.2, -0.15) is 0 Å². The zero-order valence-corrected chi connectivity index (χ0v) is 17.8. The van der Waals surface area contributed by atoms with Crippen LogP contribution in [0, 0.1) is 23.7 Å². The average Bonchev–Trinajstić information content (AvgIpc) is 3.24. The van der Waals surface area contributed by atoms with Crippen molar-refractivity contribution in [1.29, 1.82) is 0 Å². The van der Waals surface area contributed by atoms with Gasteiger partial charge < -0.3 is 24.4 Å². The Hall–Kier alpha value is -1.79. The van der Waals surface area contributed by atoms with Crippen molar-refractivity contribution in [1.82, 2.24) is 0 Å². The molecule has 3 fully saturated rings. The van der Waals surface area contributed by atoms with Crippen LogP contribution in [0.4, 0.5) is 0 Å². The van der Waals surface area contributed by atoms with Crippen LogP contribution in [-0.4, -0.2) is 46.7 Å². The summed E-state index contributed by atoms with van der Waals surface area (Å²) in [5.74, 6) is 0.608. The summed E-state index contributed by atoms with van der Waals surface area (Å²) in [6.45, 7) is 8.33. The minimum Gasteiger partial charge on any atom is -0.504 e. The molecule has 6 nitrogen and oxygen atoms in total. The molecule has 1 aromatic carbocycles. The number of fused-ring (bicyclic) bond motifs is 3. The number of epoxide rings is 1. The Morgan fingerprint density at radius 1 is 1.24 bits per heavy atom. The number of phenols is 1. The van der Waals surface area contributed by atoms with Crippen LogP contribution in [0.25, 0.3) is 0 Å². The van der Waals surface area contributed by atoms with Crippen LogP contribution in [0.1, 0.15) is 57.3 Å². The highest BCUT2D eigenvalue weighted by Gasteiger charge is 2.69. The molecule has 0 radical (unpaired) electrons. The maximum absolute atomic E-state index is 12.9. The lowest BCUT2D eigenvalue weighted by atomic mass is 9.76. The summed E-state index contributed by atoms with van der Waals surface area (Å²) < 4.78 is 17.0. The minimum atomic E-state index is -0.911. The van der Waals surface area contributed by atoms with E-state index >= 15 is 0 Å². The smallest absolute Gasteiger partial charge is 0.338 e. The number of phenolic OH excluding ortho intramolecular Hbond substituents is 1. The number of rotatable bonds is 4. The van der Waals surface area contributed by atoms with Gasteiger partial charge in [-0.3, -0.25) is 0 Å². The number of benzene rings is 1. The van der Waals surface area contributed by atoms with Crippen LogP contribution in [0.3, 0.4) is 0 Å². The third kappa shape index (κ3) is 3.40. The number of hydrogen-bond donors (Lipinski definition) is 2. The first-order valence-electron chi connectivity index (χ1n) is 10.5. The Morgan fingerprint density at radius 3 is 2.62 bits per heavy atom. The molecule has 2 aliphatic carbocycles. The highest BCUT2D eigenvalue weighted by atomic mass is 16.6. The Morgan fingerprint density at radius 2 is 1.97 bits per heavy atom. The Labute approximate surface area is 172 Å². The van der Waals surface area contributed by atoms with Crippen molar-refractivity contribution in [2.45, 2.75) is 70.4 Å². The Kier molecular flexibility index (Phi) is 4.86. The van der Waals surface area contributed by atoms with Gasteiger partial charge in [0, 0.05) is 6.42 Å². The van der Waals surface area contributed by atoms with Crippen molar-refractivity contribution in [2.24, 2.45) is 23.7 Å². The third-order valence-electron chi connectivity index (χ3n) is 7.62. The number of carbonyl (C=O) groups excluding carboxylic acids is 1. The lowest BCUT2D eigenvalue weighted by Gasteiger charge is -2.35. The molecule has 3 aliphatic rings. The molecule has 4 rings (SSSR count). The molecule has 2 saturated carbocycles. The van der Waals surface area contributed by atoms with E-state index in [1.807, 2.05) is 6.92 Å². The number of hydrogen-bond acceptors (Lipinski definition) is 6. The van der Waals surface area contributed by atoms with E-state index in [1.54, 1.807) is 0 Å². The topological polar surface area (TPSA) is 88.5 Å². The molecule has 0 amide bonds. The molecule has 0 spiro atoms. The number of methoxy groups -OCH3 is 1. The van der Waals surface area contributed by atoms with E-state index in [4.69, 9.17) is 14.2 Å². The second kappa shape index (κ2) is 6.88. The highest BCUT2D eigenvalue weighted by Crippen LogP contribution is 2.63. The van der Waals surface area contributed by atoms with Gasteiger partial charge in [0.05, 0.1) is 30.0 Å². The molecule has 1 aliphatic heterocycles. The predicted octanol–water partition coefficient (Wildman–Crippen LogP) is 3.54. The molecule has 1 heterocycles. The molecule has 7 atom stereocenters. The normalized spacial score (nSPS) is 40.7. The Bertz CT molecular complexity index is 803. The molecule has 1 aromatic rings. The number of aliphatic hydroxyl groups is 1. The number of carbonyl (C=O) groups is 1. The lowest BCUT2D eigenvalue weighted by Crippen LogP contribution is -2.41. The zero-order chi connectivity index (χ0) is 21.1. The average molecular weight is 405 g/mol. The number of aromatic hydroxyl groups is 1.